The van der Waals surface area contributed by atoms with E-state index in [2.05, 4.69) is 34.1 Å². The number of benzene rings is 3. The molecule has 2 aliphatic rings. The number of allylic oxidation sites excluding steroid dienone is 1. The van der Waals surface area contributed by atoms with Crippen LogP contribution < -0.4 is 9.47 Å². The molecule has 0 aliphatic carbocycles. The van der Waals surface area contributed by atoms with Gasteiger partial charge in [-0.2, -0.15) is 0 Å². The van der Waals surface area contributed by atoms with E-state index in [9.17, 15) is 9.90 Å². The highest BCUT2D eigenvalue weighted by Gasteiger charge is 2.34. The Balaban J connectivity index is 1.30. The zero-order valence-electron chi connectivity index (χ0n) is 20.9. The van der Waals surface area contributed by atoms with Crippen molar-refractivity contribution in [2.45, 2.75) is 26.9 Å². The van der Waals surface area contributed by atoms with Gasteiger partial charge in [-0.05, 0) is 54.8 Å². The molecule has 3 aromatic carbocycles. The molecule has 3 aromatic rings. The standard InChI is InChI=1S/C30H32N2O4/c1-3-35-24-11-9-22(10-12-24)18-27-29(34)28-21(2)17-26(33)25(30(28)36-27)20-32-15-13-31(14-16-32)19-23-7-5-4-6-8-23/h4-12,17-18,33H,3,13-16,19-20H2,1-2H3/b27-18-. The highest BCUT2D eigenvalue weighted by Crippen LogP contribution is 2.42. The van der Waals surface area contributed by atoms with E-state index in [1.165, 1.54) is 5.56 Å². The maximum Gasteiger partial charge on any atom is 0.232 e. The summed E-state index contributed by atoms with van der Waals surface area (Å²) in [6.07, 6.45) is 1.75. The fourth-order valence-electron chi connectivity index (χ4n) is 4.88. The molecule has 0 aromatic heterocycles. The fraction of sp³-hybridized carbons (Fsp3) is 0.300. The third-order valence-electron chi connectivity index (χ3n) is 6.81. The van der Waals surface area contributed by atoms with Crippen LogP contribution in [0.5, 0.6) is 17.2 Å². The van der Waals surface area contributed by atoms with Gasteiger partial charge in [-0.25, -0.2) is 0 Å². The molecule has 0 radical (unpaired) electrons. The predicted molar refractivity (Wildman–Crippen MR) is 140 cm³/mol. The third kappa shape index (κ3) is 5.15. The zero-order valence-corrected chi connectivity index (χ0v) is 20.9. The van der Waals surface area contributed by atoms with Crippen LogP contribution in [0.4, 0.5) is 0 Å². The molecule has 186 valence electrons. The molecule has 0 saturated carbocycles. The molecule has 1 saturated heterocycles. The molecule has 0 amide bonds. The first-order chi connectivity index (χ1) is 17.5. The number of fused-ring (bicyclic) bond motifs is 1. The number of Topliss-reactive ketones (excluding diaryl/α,β-unsaturated/α-hetero) is 1. The molecule has 1 N–H and O–H groups in total. The highest BCUT2D eigenvalue weighted by molar-refractivity contribution is 6.15. The fourth-order valence-corrected chi connectivity index (χ4v) is 4.88. The van der Waals surface area contributed by atoms with Crippen LogP contribution in [0.3, 0.4) is 0 Å². The number of phenolic OH excluding ortho intramolecular Hbond substituents is 1. The van der Waals surface area contributed by atoms with Gasteiger partial charge in [0.15, 0.2) is 5.76 Å². The number of aryl methyl sites for hydroxylation is 1. The lowest BCUT2D eigenvalue weighted by Crippen LogP contribution is -2.45. The number of ether oxygens (including phenoxy) is 2. The second-order valence-corrected chi connectivity index (χ2v) is 9.37. The minimum Gasteiger partial charge on any atom is -0.507 e. The number of rotatable bonds is 7. The van der Waals surface area contributed by atoms with E-state index in [-0.39, 0.29) is 17.3 Å². The van der Waals surface area contributed by atoms with Gasteiger partial charge in [-0.15, -0.1) is 0 Å². The number of hydrogen-bond donors (Lipinski definition) is 1. The molecule has 5 rings (SSSR count). The van der Waals surface area contributed by atoms with Crippen LogP contribution in [0, 0.1) is 6.92 Å². The Labute approximate surface area is 212 Å². The molecular formula is C30H32N2O4. The van der Waals surface area contributed by atoms with E-state index in [1.807, 2.05) is 44.2 Å². The predicted octanol–water partition coefficient (Wildman–Crippen LogP) is 5.03. The molecule has 6 nitrogen and oxygen atoms in total. The molecule has 1 fully saturated rings. The van der Waals surface area contributed by atoms with Crippen LogP contribution in [-0.2, 0) is 13.1 Å². The second-order valence-electron chi connectivity index (χ2n) is 9.37. The summed E-state index contributed by atoms with van der Waals surface area (Å²) in [5.41, 5.74) is 4.11. The zero-order chi connectivity index (χ0) is 25.1. The average Bonchev–Trinajstić information content (AvgIpc) is 3.21. The van der Waals surface area contributed by atoms with Gasteiger partial charge in [0.1, 0.15) is 17.2 Å². The van der Waals surface area contributed by atoms with Crippen molar-refractivity contribution in [3.63, 3.8) is 0 Å². The number of phenols is 1. The van der Waals surface area contributed by atoms with Crippen molar-refractivity contribution in [1.29, 1.82) is 0 Å². The van der Waals surface area contributed by atoms with E-state index in [0.717, 1.165) is 49.6 Å². The van der Waals surface area contributed by atoms with Gasteiger partial charge < -0.3 is 14.6 Å². The topological polar surface area (TPSA) is 62.2 Å². The van der Waals surface area contributed by atoms with E-state index >= 15 is 0 Å². The first-order valence-corrected chi connectivity index (χ1v) is 12.5. The van der Waals surface area contributed by atoms with Gasteiger partial charge in [0.05, 0.1) is 17.7 Å². The lowest BCUT2D eigenvalue weighted by Gasteiger charge is -2.35. The van der Waals surface area contributed by atoms with Crippen molar-refractivity contribution in [2.75, 3.05) is 32.8 Å². The summed E-state index contributed by atoms with van der Waals surface area (Å²) in [4.78, 5) is 18.0. The molecule has 2 aliphatic heterocycles. The Morgan fingerprint density at radius 1 is 0.972 bits per heavy atom. The number of carbonyl (C=O) groups is 1. The van der Waals surface area contributed by atoms with Crippen LogP contribution in [0.2, 0.25) is 0 Å². The van der Waals surface area contributed by atoms with Crippen molar-refractivity contribution < 1.29 is 19.4 Å². The summed E-state index contributed by atoms with van der Waals surface area (Å²) < 4.78 is 11.6. The first kappa shape index (κ1) is 24.1. The van der Waals surface area contributed by atoms with Gasteiger partial charge in [-0.1, -0.05) is 42.5 Å². The Kier molecular flexibility index (Phi) is 7.07. The van der Waals surface area contributed by atoms with Crippen molar-refractivity contribution in [3.8, 4) is 17.2 Å². The summed E-state index contributed by atoms with van der Waals surface area (Å²) in [6, 6.07) is 19.7. The molecule has 6 heteroatoms. The maximum absolute atomic E-state index is 13.2. The smallest absolute Gasteiger partial charge is 0.232 e. The van der Waals surface area contributed by atoms with Crippen molar-refractivity contribution in [2.24, 2.45) is 0 Å². The second kappa shape index (κ2) is 10.6. The lowest BCUT2D eigenvalue weighted by atomic mass is 9.99. The number of nitrogens with zero attached hydrogens (tertiary/aromatic N) is 2. The number of carbonyl (C=O) groups excluding carboxylic acids is 1. The van der Waals surface area contributed by atoms with Gasteiger partial charge in [0, 0.05) is 39.3 Å². The lowest BCUT2D eigenvalue weighted by molar-refractivity contribution is 0.101. The van der Waals surface area contributed by atoms with Crippen molar-refractivity contribution in [1.82, 2.24) is 9.80 Å². The quantitative estimate of drug-likeness (QED) is 0.475. The molecule has 0 atom stereocenters. The van der Waals surface area contributed by atoms with E-state index in [1.54, 1.807) is 12.1 Å². The van der Waals surface area contributed by atoms with Crippen LogP contribution >= 0.6 is 0 Å². The Morgan fingerprint density at radius 2 is 1.64 bits per heavy atom. The molecular weight excluding hydrogens is 452 g/mol. The maximum atomic E-state index is 13.2. The number of piperazine rings is 1. The van der Waals surface area contributed by atoms with E-state index in [4.69, 9.17) is 9.47 Å². The number of hydrogen-bond acceptors (Lipinski definition) is 6. The molecule has 0 unspecified atom stereocenters. The largest absolute Gasteiger partial charge is 0.507 e. The summed E-state index contributed by atoms with van der Waals surface area (Å²) in [6.45, 7) is 9.54. The average molecular weight is 485 g/mol. The molecule has 2 heterocycles. The van der Waals surface area contributed by atoms with E-state index in [0.29, 0.717) is 30.0 Å². The minimum absolute atomic E-state index is 0.148. The van der Waals surface area contributed by atoms with E-state index < -0.39 is 0 Å². The van der Waals surface area contributed by atoms with Crippen LogP contribution in [0.25, 0.3) is 6.08 Å². The summed E-state index contributed by atoms with van der Waals surface area (Å²) in [7, 11) is 0. The Morgan fingerprint density at radius 3 is 2.31 bits per heavy atom. The SMILES string of the molecule is CCOc1ccc(/C=C2\Oc3c(CN4CCN(Cc5ccccc5)CC4)c(O)cc(C)c3C2=O)cc1. The first-order valence-electron chi connectivity index (χ1n) is 12.5. The van der Waals surface area contributed by atoms with Crippen LogP contribution in [0.1, 0.15) is 39.5 Å². The Hall–Kier alpha value is -3.61. The molecule has 36 heavy (non-hydrogen) atoms. The van der Waals surface area contributed by atoms with Crippen LogP contribution in [-0.4, -0.2) is 53.5 Å². The normalized spacial score (nSPS) is 17.3. The summed E-state index contributed by atoms with van der Waals surface area (Å²) >= 11 is 0. The highest BCUT2D eigenvalue weighted by atomic mass is 16.5. The number of ketones is 1. The number of aromatic hydroxyl groups is 1. The van der Waals surface area contributed by atoms with Gasteiger partial charge >= 0.3 is 0 Å². The minimum atomic E-state index is -0.148. The third-order valence-corrected chi connectivity index (χ3v) is 6.81. The summed E-state index contributed by atoms with van der Waals surface area (Å²) in [5, 5.41) is 10.8. The molecule has 0 spiro atoms. The van der Waals surface area contributed by atoms with Gasteiger partial charge in [-0.3, -0.25) is 14.6 Å². The monoisotopic (exact) mass is 484 g/mol. The van der Waals surface area contributed by atoms with Crippen LogP contribution in [0.15, 0.2) is 66.4 Å². The van der Waals surface area contributed by atoms with Crippen molar-refractivity contribution >= 4 is 11.9 Å². The van der Waals surface area contributed by atoms with Crippen molar-refractivity contribution in [3.05, 3.63) is 94.2 Å². The van der Waals surface area contributed by atoms with Gasteiger partial charge in [0.25, 0.3) is 0 Å². The van der Waals surface area contributed by atoms with Gasteiger partial charge in [0.2, 0.25) is 5.78 Å². The Bertz CT molecular complexity index is 1260. The molecule has 0 bridgehead atoms. The summed E-state index contributed by atoms with van der Waals surface area (Å²) in [5.74, 6) is 1.57.